The molecule has 0 radical (unpaired) electrons. The number of nitrogens with zero attached hydrogens (tertiary/aromatic N) is 1. The zero-order valence-corrected chi connectivity index (χ0v) is 20.3. The highest BCUT2D eigenvalue weighted by atomic mass is 127. The van der Waals surface area contributed by atoms with Gasteiger partial charge >= 0.3 is 0 Å². The maximum atomic E-state index is 13.6. The average Bonchev–Trinajstić information content (AvgIpc) is 3.55. The summed E-state index contributed by atoms with van der Waals surface area (Å²) in [5.41, 5.74) is 7.39. The van der Waals surface area contributed by atoms with Crippen LogP contribution >= 0.6 is 24.0 Å². The number of halogens is 2. The summed E-state index contributed by atoms with van der Waals surface area (Å²) in [7, 11) is 0. The predicted octanol–water partition coefficient (Wildman–Crippen LogP) is 2.45. The highest BCUT2D eigenvalue weighted by molar-refractivity contribution is 14.0. The monoisotopic (exact) mass is 553 g/mol. The number of hydrogen-bond donors (Lipinski definition) is 4. The molecule has 5 N–H and O–H groups in total. The molecule has 7 nitrogen and oxygen atoms in total. The van der Waals surface area contributed by atoms with Gasteiger partial charge in [-0.2, -0.15) is 0 Å². The second-order valence-electron chi connectivity index (χ2n) is 7.69. The van der Waals surface area contributed by atoms with Crippen molar-refractivity contribution in [3.63, 3.8) is 0 Å². The molecule has 0 heterocycles. The Morgan fingerprint density at radius 2 is 1.81 bits per heavy atom. The van der Waals surface area contributed by atoms with Crippen LogP contribution in [0.25, 0.3) is 0 Å². The fraction of sp³-hybridized carbons (Fsp3) is 0.348. The molecule has 2 amide bonds. The lowest BCUT2D eigenvalue weighted by Crippen LogP contribution is -2.41. The van der Waals surface area contributed by atoms with Crippen molar-refractivity contribution in [2.24, 2.45) is 10.7 Å². The van der Waals surface area contributed by atoms with Crippen molar-refractivity contribution < 1.29 is 14.0 Å². The minimum atomic E-state index is -0.590. The third kappa shape index (κ3) is 7.18. The van der Waals surface area contributed by atoms with E-state index in [0.29, 0.717) is 24.6 Å². The zero-order valence-electron chi connectivity index (χ0n) is 18.0. The van der Waals surface area contributed by atoms with Crippen molar-refractivity contribution in [1.82, 2.24) is 16.0 Å². The van der Waals surface area contributed by atoms with Crippen LogP contribution in [0.3, 0.4) is 0 Å². The van der Waals surface area contributed by atoms with Crippen LogP contribution in [-0.4, -0.2) is 37.4 Å². The van der Waals surface area contributed by atoms with Crippen LogP contribution in [0.5, 0.6) is 0 Å². The van der Waals surface area contributed by atoms with Crippen molar-refractivity contribution >= 4 is 41.8 Å². The van der Waals surface area contributed by atoms with E-state index in [2.05, 4.69) is 20.9 Å². The summed E-state index contributed by atoms with van der Waals surface area (Å²) in [4.78, 5) is 27.3. The highest BCUT2D eigenvalue weighted by Gasteiger charge is 2.44. The van der Waals surface area contributed by atoms with Gasteiger partial charge in [0.25, 0.3) is 5.91 Å². The Balaban J connectivity index is 0.00000363. The number of nitrogens with one attached hydrogen (secondary N) is 3. The maximum absolute atomic E-state index is 13.6. The lowest BCUT2D eigenvalue weighted by atomic mass is 9.96. The first kappa shape index (κ1) is 25.6. The summed E-state index contributed by atoms with van der Waals surface area (Å²) < 4.78 is 13.6. The van der Waals surface area contributed by atoms with E-state index in [-0.39, 0.29) is 47.7 Å². The molecule has 1 aliphatic rings. The molecule has 0 aliphatic heterocycles. The van der Waals surface area contributed by atoms with Crippen LogP contribution < -0.4 is 21.7 Å². The van der Waals surface area contributed by atoms with Gasteiger partial charge in [-0.25, -0.2) is 9.38 Å². The van der Waals surface area contributed by atoms with E-state index in [4.69, 9.17) is 5.73 Å². The number of benzene rings is 2. The summed E-state index contributed by atoms with van der Waals surface area (Å²) in [5, 5.41) is 9.06. The summed E-state index contributed by atoms with van der Waals surface area (Å²) in [6, 6.07) is 13.8. The summed E-state index contributed by atoms with van der Waals surface area (Å²) in [6.07, 6.45) is 2.03. The normalized spacial score (nSPS) is 14.1. The zero-order chi connectivity index (χ0) is 22.3. The molecule has 1 aliphatic carbocycles. The number of carbonyl (C=O) groups excluding carboxylic acids is 2. The summed E-state index contributed by atoms with van der Waals surface area (Å²) in [6.45, 7) is 3.64. The van der Waals surface area contributed by atoms with Gasteiger partial charge in [0.1, 0.15) is 5.82 Å². The van der Waals surface area contributed by atoms with Crippen LogP contribution in [0, 0.1) is 5.82 Å². The van der Waals surface area contributed by atoms with Crippen LogP contribution in [0.15, 0.2) is 53.5 Å². The van der Waals surface area contributed by atoms with Gasteiger partial charge in [-0.3, -0.25) is 9.59 Å². The Hall–Kier alpha value is -2.69. The SMILES string of the molecule is CCNC(=NCc1ccc(C(=O)NCC(N)=O)cc1)NCC1(c2cccc(F)c2)CC1.I. The number of guanidine groups is 1. The van der Waals surface area contributed by atoms with Gasteiger partial charge < -0.3 is 21.7 Å². The molecule has 2 aromatic carbocycles. The van der Waals surface area contributed by atoms with Crippen molar-refractivity contribution in [2.45, 2.75) is 31.7 Å². The van der Waals surface area contributed by atoms with E-state index in [0.717, 1.165) is 30.5 Å². The molecule has 0 spiro atoms. The molecule has 0 aromatic heterocycles. The Morgan fingerprint density at radius 1 is 1.09 bits per heavy atom. The molecular formula is C23H29FIN5O2. The fourth-order valence-corrected chi connectivity index (χ4v) is 3.33. The Bertz CT molecular complexity index is 961. The number of rotatable bonds is 9. The average molecular weight is 553 g/mol. The Kier molecular flexibility index (Phi) is 9.42. The van der Waals surface area contributed by atoms with Gasteiger partial charge in [-0.05, 0) is 55.2 Å². The van der Waals surface area contributed by atoms with E-state index in [1.807, 2.05) is 25.1 Å². The van der Waals surface area contributed by atoms with Crippen LogP contribution in [0.1, 0.15) is 41.3 Å². The summed E-state index contributed by atoms with van der Waals surface area (Å²) >= 11 is 0. The molecule has 9 heteroatoms. The third-order valence-electron chi connectivity index (χ3n) is 5.29. The molecule has 172 valence electrons. The van der Waals surface area contributed by atoms with Gasteiger partial charge in [0, 0.05) is 24.1 Å². The minimum absolute atomic E-state index is 0. The molecule has 0 unspecified atom stereocenters. The van der Waals surface area contributed by atoms with Gasteiger partial charge in [0.15, 0.2) is 5.96 Å². The van der Waals surface area contributed by atoms with Crippen molar-refractivity contribution in [2.75, 3.05) is 19.6 Å². The van der Waals surface area contributed by atoms with E-state index in [1.165, 1.54) is 6.07 Å². The number of aliphatic imine (C=N–C) groups is 1. The van der Waals surface area contributed by atoms with Gasteiger partial charge in [0.2, 0.25) is 5.91 Å². The van der Waals surface area contributed by atoms with E-state index < -0.39 is 5.91 Å². The molecular weight excluding hydrogens is 524 g/mol. The minimum Gasteiger partial charge on any atom is -0.368 e. The van der Waals surface area contributed by atoms with E-state index in [1.54, 1.807) is 24.3 Å². The van der Waals surface area contributed by atoms with Crippen LogP contribution in [-0.2, 0) is 16.8 Å². The largest absolute Gasteiger partial charge is 0.368 e. The first-order chi connectivity index (χ1) is 14.9. The maximum Gasteiger partial charge on any atom is 0.251 e. The molecule has 1 saturated carbocycles. The topological polar surface area (TPSA) is 109 Å². The van der Waals surface area contributed by atoms with Crippen molar-refractivity contribution in [3.8, 4) is 0 Å². The lowest BCUT2D eigenvalue weighted by Gasteiger charge is -2.19. The van der Waals surface area contributed by atoms with E-state index >= 15 is 0 Å². The molecule has 0 atom stereocenters. The number of nitrogens with two attached hydrogens (primary N) is 1. The van der Waals surface area contributed by atoms with Crippen molar-refractivity contribution in [3.05, 3.63) is 71.0 Å². The van der Waals surface area contributed by atoms with Gasteiger partial charge in [0.05, 0.1) is 13.1 Å². The van der Waals surface area contributed by atoms with Crippen molar-refractivity contribution in [1.29, 1.82) is 0 Å². The van der Waals surface area contributed by atoms with Crippen LogP contribution in [0.2, 0.25) is 0 Å². The first-order valence-corrected chi connectivity index (χ1v) is 10.4. The fourth-order valence-electron chi connectivity index (χ4n) is 3.33. The standard InChI is InChI=1S/C23H28FN5O2.HI/c1-2-26-22(29-15-23(10-11-23)18-4-3-5-19(24)12-18)28-13-16-6-8-17(9-7-16)21(31)27-14-20(25)30;/h3-9,12H,2,10-11,13-15H2,1H3,(H2,25,30)(H,27,31)(H2,26,28,29);1H. The van der Waals surface area contributed by atoms with Gasteiger partial charge in [-0.1, -0.05) is 24.3 Å². The molecule has 32 heavy (non-hydrogen) atoms. The smallest absolute Gasteiger partial charge is 0.251 e. The van der Waals surface area contributed by atoms with Gasteiger partial charge in [-0.15, -0.1) is 24.0 Å². The number of amides is 2. The highest BCUT2D eigenvalue weighted by Crippen LogP contribution is 2.47. The molecule has 1 fully saturated rings. The number of primary amides is 1. The Labute approximate surface area is 204 Å². The second kappa shape index (κ2) is 11.8. The summed E-state index contributed by atoms with van der Waals surface area (Å²) in [5.74, 6) is -0.464. The number of hydrogen-bond acceptors (Lipinski definition) is 3. The molecule has 3 rings (SSSR count). The van der Waals surface area contributed by atoms with E-state index in [9.17, 15) is 14.0 Å². The second-order valence-corrected chi connectivity index (χ2v) is 7.69. The first-order valence-electron chi connectivity index (χ1n) is 10.4. The molecule has 0 bridgehead atoms. The third-order valence-corrected chi connectivity index (χ3v) is 5.29. The Morgan fingerprint density at radius 3 is 2.41 bits per heavy atom. The molecule has 0 saturated heterocycles. The quantitative estimate of drug-likeness (QED) is 0.217. The lowest BCUT2D eigenvalue weighted by molar-refractivity contribution is -0.117. The predicted molar refractivity (Wildman–Crippen MR) is 134 cm³/mol. The van der Waals surface area contributed by atoms with Crippen LogP contribution in [0.4, 0.5) is 4.39 Å². The number of carbonyl (C=O) groups is 2. The molecule has 2 aromatic rings.